The van der Waals surface area contributed by atoms with Gasteiger partial charge in [-0.1, -0.05) is 18.5 Å². The number of amides is 1. The first-order valence-corrected chi connectivity index (χ1v) is 7.13. The number of ether oxygens (including phenoxy) is 1. The van der Waals surface area contributed by atoms with Crippen LogP contribution in [0.1, 0.15) is 33.6 Å². The lowest BCUT2D eigenvalue weighted by Crippen LogP contribution is -2.50. The summed E-state index contributed by atoms with van der Waals surface area (Å²) in [5.74, 6) is 0.398. The third-order valence-electron chi connectivity index (χ3n) is 3.36. The highest BCUT2D eigenvalue weighted by molar-refractivity contribution is 6.30. The Hall–Kier alpha value is -1.26. The molecule has 1 amide bonds. The van der Waals surface area contributed by atoms with Gasteiger partial charge in [0.1, 0.15) is 5.75 Å². The van der Waals surface area contributed by atoms with E-state index in [0.717, 1.165) is 6.42 Å². The van der Waals surface area contributed by atoms with Gasteiger partial charge in [0.25, 0.3) is 5.91 Å². The molecular weight excluding hydrogens is 278 g/mol. The van der Waals surface area contributed by atoms with E-state index in [9.17, 15) is 4.79 Å². The average Bonchev–Trinajstić information content (AvgIpc) is 2.41. The maximum atomic E-state index is 12.1. The molecule has 1 aromatic rings. The van der Waals surface area contributed by atoms with E-state index in [1.54, 1.807) is 31.2 Å². The van der Waals surface area contributed by atoms with Gasteiger partial charge in [-0.2, -0.15) is 0 Å². The number of aliphatic hydroxyl groups is 1. The molecule has 4 nitrogen and oxygen atoms in total. The first kappa shape index (κ1) is 16.8. The quantitative estimate of drug-likeness (QED) is 0.814. The molecular formula is C15H22ClNO3. The van der Waals surface area contributed by atoms with E-state index in [1.165, 1.54) is 0 Å². The Morgan fingerprint density at radius 3 is 2.55 bits per heavy atom. The summed E-state index contributed by atoms with van der Waals surface area (Å²) in [4.78, 5) is 12.1. The van der Waals surface area contributed by atoms with Crippen LogP contribution in [0.25, 0.3) is 0 Å². The van der Waals surface area contributed by atoms with Gasteiger partial charge < -0.3 is 15.2 Å². The second-order valence-corrected chi connectivity index (χ2v) is 5.53. The molecule has 0 saturated heterocycles. The molecule has 2 N–H and O–H groups in total. The van der Waals surface area contributed by atoms with Crippen molar-refractivity contribution in [2.75, 3.05) is 6.61 Å². The molecule has 5 heteroatoms. The Kier molecular flexibility index (Phi) is 6.30. The summed E-state index contributed by atoms with van der Waals surface area (Å²) in [7, 11) is 0. The van der Waals surface area contributed by atoms with Crippen LogP contribution in [0.2, 0.25) is 5.02 Å². The van der Waals surface area contributed by atoms with Gasteiger partial charge in [-0.05, 0) is 51.0 Å². The molecule has 0 aliphatic rings. The van der Waals surface area contributed by atoms with Crippen LogP contribution in [0.15, 0.2) is 24.3 Å². The number of carbonyl (C=O) groups excluding carboxylic acids is 1. The summed E-state index contributed by atoms with van der Waals surface area (Å²) in [5, 5.41) is 12.6. The van der Waals surface area contributed by atoms with Crippen LogP contribution in [-0.2, 0) is 4.79 Å². The minimum atomic E-state index is -0.610. The topological polar surface area (TPSA) is 58.6 Å². The van der Waals surface area contributed by atoms with Crippen molar-refractivity contribution in [3.05, 3.63) is 29.3 Å². The highest BCUT2D eigenvalue weighted by Gasteiger charge is 2.26. The van der Waals surface area contributed by atoms with Crippen LogP contribution >= 0.6 is 11.6 Å². The lowest BCUT2D eigenvalue weighted by atomic mass is 9.94. The molecule has 0 bridgehead atoms. The van der Waals surface area contributed by atoms with Crippen LogP contribution in [0, 0.1) is 0 Å². The zero-order valence-electron chi connectivity index (χ0n) is 12.1. The summed E-state index contributed by atoms with van der Waals surface area (Å²) < 4.78 is 5.57. The first-order chi connectivity index (χ1) is 9.40. The number of carbonyl (C=O) groups is 1. The highest BCUT2D eigenvalue weighted by Crippen LogP contribution is 2.18. The maximum Gasteiger partial charge on any atom is 0.261 e. The summed E-state index contributed by atoms with van der Waals surface area (Å²) in [6.07, 6.45) is 0.649. The number of rotatable bonds is 7. The number of nitrogens with one attached hydrogen (secondary N) is 1. The van der Waals surface area contributed by atoms with Gasteiger partial charge in [-0.15, -0.1) is 0 Å². The molecule has 20 heavy (non-hydrogen) atoms. The van der Waals surface area contributed by atoms with Crippen molar-refractivity contribution in [2.45, 2.75) is 45.3 Å². The zero-order chi connectivity index (χ0) is 15.2. The van der Waals surface area contributed by atoms with Crippen molar-refractivity contribution in [3.63, 3.8) is 0 Å². The number of hydrogen-bond donors (Lipinski definition) is 2. The van der Waals surface area contributed by atoms with Gasteiger partial charge in [0, 0.05) is 17.2 Å². The smallest absolute Gasteiger partial charge is 0.261 e. The van der Waals surface area contributed by atoms with Crippen molar-refractivity contribution in [3.8, 4) is 5.75 Å². The standard InChI is InChI=1S/C15H22ClNO3/c1-4-15(3,9-10-18)17-14(19)11(2)20-13-7-5-12(16)6-8-13/h5-8,11,18H,4,9-10H2,1-3H3,(H,17,19). The molecule has 0 fully saturated rings. The summed E-state index contributed by atoms with van der Waals surface area (Å²) in [6.45, 7) is 5.62. The van der Waals surface area contributed by atoms with E-state index >= 15 is 0 Å². The Morgan fingerprint density at radius 1 is 1.45 bits per heavy atom. The summed E-state index contributed by atoms with van der Waals surface area (Å²) in [5.41, 5.74) is -0.413. The van der Waals surface area contributed by atoms with Crippen LogP contribution in [0.5, 0.6) is 5.75 Å². The van der Waals surface area contributed by atoms with Gasteiger partial charge in [-0.25, -0.2) is 0 Å². The third-order valence-corrected chi connectivity index (χ3v) is 3.62. The predicted octanol–water partition coefficient (Wildman–Crippen LogP) is 2.77. The fourth-order valence-corrected chi connectivity index (χ4v) is 1.87. The Labute approximate surface area is 125 Å². The SMILES string of the molecule is CCC(C)(CCO)NC(=O)C(C)Oc1ccc(Cl)cc1. The Balaban J connectivity index is 2.60. The van der Waals surface area contributed by atoms with Crippen molar-refractivity contribution in [2.24, 2.45) is 0 Å². The minimum Gasteiger partial charge on any atom is -0.481 e. The Bertz CT molecular complexity index is 435. The second-order valence-electron chi connectivity index (χ2n) is 5.09. The number of benzene rings is 1. The van der Waals surface area contributed by atoms with E-state index in [0.29, 0.717) is 17.2 Å². The monoisotopic (exact) mass is 299 g/mol. The second kappa shape index (κ2) is 7.50. The van der Waals surface area contributed by atoms with Crippen LogP contribution in [0.4, 0.5) is 0 Å². The van der Waals surface area contributed by atoms with E-state index in [1.807, 2.05) is 13.8 Å². The van der Waals surface area contributed by atoms with Crippen molar-refractivity contribution >= 4 is 17.5 Å². The zero-order valence-corrected chi connectivity index (χ0v) is 12.9. The molecule has 1 aromatic carbocycles. The molecule has 0 aromatic heterocycles. The molecule has 0 aliphatic carbocycles. The number of aliphatic hydroxyl groups excluding tert-OH is 1. The van der Waals surface area contributed by atoms with Crippen molar-refractivity contribution < 1.29 is 14.6 Å². The van der Waals surface area contributed by atoms with E-state index in [4.69, 9.17) is 21.4 Å². The number of hydrogen-bond acceptors (Lipinski definition) is 3. The fourth-order valence-electron chi connectivity index (χ4n) is 1.74. The van der Waals surface area contributed by atoms with Crippen LogP contribution in [0.3, 0.4) is 0 Å². The van der Waals surface area contributed by atoms with Gasteiger partial charge in [0.15, 0.2) is 6.10 Å². The summed E-state index contributed by atoms with van der Waals surface area (Å²) >= 11 is 5.79. The minimum absolute atomic E-state index is 0.0387. The molecule has 2 unspecified atom stereocenters. The third kappa shape index (κ3) is 5.02. The lowest BCUT2D eigenvalue weighted by Gasteiger charge is -2.30. The fraction of sp³-hybridized carbons (Fsp3) is 0.533. The van der Waals surface area contributed by atoms with E-state index in [-0.39, 0.29) is 12.5 Å². The van der Waals surface area contributed by atoms with Gasteiger partial charge >= 0.3 is 0 Å². The van der Waals surface area contributed by atoms with E-state index < -0.39 is 11.6 Å². The van der Waals surface area contributed by atoms with E-state index in [2.05, 4.69) is 5.32 Å². The lowest BCUT2D eigenvalue weighted by molar-refractivity contribution is -0.129. The van der Waals surface area contributed by atoms with Gasteiger partial charge in [0.05, 0.1) is 0 Å². The molecule has 1 rings (SSSR count). The maximum absolute atomic E-state index is 12.1. The number of halogens is 1. The molecule has 2 atom stereocenters. The molecule has 0 aliphatic heterocycles. The van der Waals surface area contributed by atoms with Crippen LogP contribution < -0.4 is 10.1 Å². The predicted molar refractivity (Wildman–Crippen MR) is 80.1 cm³/mol. The largest absolute Gasteiger partial charge is 0.481 e. The van der Waals surface area contributed by atoms with Gasteiger partial charge in [0.2, 0.25) is 0 Å². The van der Waals surface area contributed by atoms with Crippen molar-refractivity contribution in [1.82, 2.24) is 5.32 Å². The summed E-state index contributed by atoms with van der Waals surface area (Å²) in [6, 6.07) is 6.87. The first-order valence-electron chi connectivity index (χ1n) is 6.75. The van der Waals surface area contributed by atoms with Crippen molar-refractivity contribution in [1.29, 1.82) is 0 Å². The van der Waals surface area contributed by atoms with Crippen LogP contribution in [-0.4, -0.2) is 29.3 Å². The molecule has 0 radical (unpaired) electrons. The molecule has 112 valence electrons. The Morgan fingerprint density at radius 2 is 2.05 bits per heavy atom. The highest BCUT2D eigenvalue weighted by atomic mass is 35.5. The normalized spacial score (nSPS) is 15.2. The molecule has 0 spiro atoms. The van der Waals surface area contributed by atoms with Gasteiger partial charge in [-0.3, -0.25) is 4.79 Å². The average molecular weight is 300 g/mol. The molecule has 0 heterocycles. The molecule has 0 saturated carbocycles.